The molecule has 2 amide bonds. The fourth-order valence-electron chi connectivity index (χ4n) is 4.00. The van der Waals surface area contributed by atoms with Crippen molar-refractivity contribution in [3.8, 4) is 5.75 Å². The summed E-state index contributed by atoms with van der Waals surface area (Å²) in [6.45, 7) is 2.69. The molecule has 0 spiro atoms. The van der Waals surface area contributed by atoms with Crippen LogP contribution in [0.3, 0.4) is 0 Å². The molecule has 1 aliphatic heterocycles. The lowest BCUT2D eigenvalue weighted by Crippen LogP contribution is -2.39. The SMILES string of the molecule is COc1ccccc1CCNC(=O)CC1CCN(S(=O)(=O)c2ccc(NC(C)=O)cc2)CC1. The second-order valence-corrected chi connectivity index (χ2v) is 10.1. The van der Waals surface area contributed by atoms with Crippen LogP contribution in [0.1, 0.15) is 31.7 Å². The van der Waals surface area contributed by atoms with Crippen LogP contribution >= 0.6 is 0 Å². The summed E-state index contributed by atoms with van der Waals surface area (Å²) < 4.78 is 32.7. The van der Waals surface area contributed by atoms with E-state index in [1.54, 1.807) is 19.2 Å². The molecule has 0 radical (unpaired) electrons. The largest absolute Gasteiger partial charge is 0.496 e. The molecule has 1 aliphatic rings. The lowest BCUT2D eigenvalue weighted by molar-refractivity contribution is -0.122. The highest BCUT2D eigenvalue weighted by atomic mass is 32.2. The number of nitrogens with zero attached hydrogens (tertiary/aromatic N) is 1. The van der Waals surface area contributed by atoms with Crippen molar-refractivity contribution in [1.82, 2.24) is 9.62 Å². The Morgan fingerprint density at radius 1 is 1.06 bits per heavy atom. The molecule has 1 heterocycles. The number of carbonyl (C=O) groups is 2. The van der Waals surface area contributed by atoms with Crippen molar-refractivity contribution in [3.05, 3.63) is 54.1 Å². The molecule has 178 valence electrons. The summed E-state index contributed by atoms with van der Waals surface area (Å²) in [4.78, 5) is 23.7. The number of ether oxygens (including phenoxy) is 1. The molecule has 0 saturated carbocycles. The number of methoxy groups -OCH3 is 1. The normalized spacial score (nSPS) is 15.1. The number of anilines is 1. The van der Waals surface area contributed by atoms with Crippen molar-refractivity contribution in [2.45, 2.75) is 37.5 Å². The van der Waals surface area contributed by atoms with Crippen LogP contribution in [-0.4, -0.2) is 51.3 Å². The fourth-order valence-corrected chi connectivity index (χ4v) is 5.47. The molecule has 1 fully saturated rings. The Kier molecular flexibility index (Phi) is 8.46. The minimum Gasteiger partial charge on any atom is -0.496 e. The molecule has 2 aromatic rings. The standard InChI is InChI=1S/C24H31N3O5S/c1-18(28)26-21-7-9-22(10-8-21)33(30,31)27-15-12-19(13-16-27)17-24(29)25-14-11-20-5-3-4-6-23(20)32-2/h3-10,19H,11-17H2,1-2H3,(H,25,29)(H,26,28). The van der Waals surface area contributed by atoms with Gasteiger partial charge >= 0.3 is 0 Å². The van der Waals surface area contributed by atoms with E-state index >= 15 is 0 Å². The summed E-state index contributed by atoms with van der Waals surface area (Å²) in [5, 5.41) is 5.58. The second-order valence-electron chi connectivity index (χ2n) is 8.17. The Bertz CT molecular complexity index is 1060. The molecule has 0 unspecified atom stereocenters. The average molecular weight is 474 g/mol. The smallest absolute Gasteiger partial charge is 0.243 e. The van der Waals surface area contributed by atoms with Crippen LogP contribution in [0.15, 0.2) is 53.4 Å². The predicted molar refractivity (Wildman–Crippen MR) is 127 cm³/mol. The summed E-state index contributed by atoms with van der Waals surface area (Å²) in [6, 6.07) is 13.9. The number of hydrogen-bond acceptors (Lipinski definition) is 5. The summed E-state index contributed by atoms with van der Waals surface area (Å²) in [5.74, 6) is 0.742. The number of rotatable bonds is 9. The summed E-state index contributed by atoms with van der Waals surface area (Å²) in [6.07, 6.45) is 2.37. The van der Waals surface area contributed by atoms with E-state index in [0.29, 0.717) is 51.0 Å². The molecule has 2 aromatic carbocycles. The topological polar surface area (TPSA) is 105 Å². The van der Waals surface area contributed by atoms with Gasteiger partial charge in [0, 0.05) is 38.7 Å². The lowest BCUT2D eigenvalue weighted by atomic mass is 9.94. The van der Waals surface area contributed by atoms with Gasteiger partial charge in [-0.3, -0.25) is 9.59 Å². The third-order valence-corrected chi connectivity index (χ3v) is 7.68. The lowest BCUT2D eigenvalue weighted by Gasteiger charge is -2.31. The predicted octanol–water partition coefficient (Wildman–Crippen LogP) is 2.80. The number of piperidine rings is 1. The number of hydrogen-bond donors (Lipinski definition) is 2. The van der Waals surface area contributed by atoms with E-state index in [9.17, 15) is 18.0 Å². The number of benzene rings is 2. The molecule has 1 saturated heterocycles. The van der Waals surface area contributed by atoms with E-state index in [-0.39, 0.29) is 22.6 Å². The quantitative estimate of drug-likeness (QED) is 0.583. The molecule has 0 bridgehead atoms. The number of amides is 2. The van der Waals surface area contributed by atoms with Crippen LogP contribution in [0.2, 0.25) is 0 Å². The molecule has 2 N–H and O–H groups in total. The monoisotopic (exact) mass is 473 g/mol. The van der Waals surface area contributed by atoms with Gasteiger partial charge in [0.25, 0.3) is 0 Å². The Balaban J connectivity index is 1.45. The summed E-state index contributed by atoms with van der Waals surface area (Å²) in [5.41, 5.74) is 1.60. The van der Waals surface area contributed by atoms with Crippen LogP contribution in [0.5, 0.6) is 5.75 Å². The van der Waals surface area contributed by atoms with Crippen LogP contribution in [0, 0.1) is 5.92 Å². The van der Waals surface area contributed by atoms with E-state index in [1.165, 1.54) is 23.4 Å². The van der Waals surface area contributed by atoms with Gasteiger partial charge in [-0.05, 0) is 61.1 Å². The molecule has 33 heavy (non-hydrogen) atoms. The van der Waals surface area contributed by atoms with Gasteiger partial charge < -0.3 is 15.4 Å². The highest BCUT2D eigenvalue weighted by Crippen LogP contribution is 2.26. The Morgan fingerprint density at radius 2 is 1.73 bits per heavy atom. The van der Waals surface area contributed by atoms with Crippen molar-refractivity contribution in [1.29, 1.82) is 0 Å². The van der Waals surface area contributed by atoms with Gasteiger partial charge in [0.05, 0.1) is 12.0 Å². The number of nitrogens with one attached hydrogen (secondary N) is 2. The van der Waals surface area contributed by atoms with E-state index in [0.717, 1.165) is 11.3 Å². The maximum Gasteiger partial charge on any atom is 0.243 e. The summed E-state index contributed by atoms with van der Waals surface area (Å²) >= 11 is 0. The Labute approximate surface area is 195 Å². The molecule has 0 aromatic heterocycles. The zero-order valence-electron chi connectivity index (χ0n) is 19.0. The van der Waals surface area contributed by atoms with Gasteiger partial charge in [0.2, 0.25) is 21.8 Å². The molecule has 9 heteroatoms. The molecule has 0 atom stereocenters. The molecular weight excluding hydrogens is 442 g/mol. The van der Waals surface area contributed by atoms with Crippen LogP contribution in [0.25, 0.3) is 0 Å². The van der Waals surface area contributed by atoms with Gasteiger partial charge in [0.1, 0.15) is 5.75 Å². The second kappa shape index (κ2) is 11.3. The van der Waals surface area contributed by atoms with Crippen LogP contribution < -0.4 is 15.4 Å². The average Bonchev–Trinajstić information content (AvgIpc) is 2.80. The van der Waals surface area contributed by atoms with Crippen molar-refractivity contribution < 1.29 is 22.7 Å². The molecule has 3 rings (SSSR count). The fraction of sp³-hybridized carbons (Fsp3) is 0.417. The van der Waals surface area contributed by atoms with Gasteiger partial charge in [0.15, 0.2) is 0 Å². The minimum atomic E-state index is -3.60. The van der Waals surface area contributed by atoms with E-state index in [2.05, 4.69) is 10.6 Å². The molecular formula is C24H31N3O5S. The van der Waals surface area contributed by atoms with Gasteiger partial charge in [-0.15, -0.1) is 0 Å². The summed E-state index contributed by atoms with van der Waals surface area (Å²) in [7, 11) is -1.97. The van der Waals surface area contributed by atoms with Crippen molar-refractivity contribution >= 4 is 27.5 Å². The van der Waals surface area contributed by atoms with E-state index in [1.807, 2.05) is 24.3 Å². The first kappa shape index (κ1) is 24.7. The minimum absolute atomic E-state index is 0.0141. The van der Waals surface area contributed by atoms with Crippen LogP contribution in [-0.2, 0) is 26.0 Å². The third-order valence-electron chi connectivity index (χ3n) is 5.77. The highest BCUT2D eigenvalue weighted by Gasteiger charge is 2.30. The first-order chi connectivity index (χ1) is 15.8. The number of sulfonamides is 1. The van der Waals surface area contributed by atoms with Crippen LogP contribution in [0.4, 0.5) is 5.69 Å². The third kappa shape index (κ3) is 6.79. The first-order valence-corrected chi connectivity index (χ1v) is 12.5. The van der Waals surface area contributed by atoms with E-state index in [4.69, 9.17) is 4.74 Å². The van der Waals surface area contributed by atoms with Crippen molar-refractivity contribution in [2.24, 2.45) is 5.92 Å². The molecule has 0 aliphatic carbocycles. The van der Waals surface area contributed by atoms with Gasteiger partial charge in [-0.1, -0.05) is 18.2 Å². The maximum absolute atomic E-state index is 12.9. The van der Waals surface area contributed by atoms with Crippen molar-refractivity contribution in [2.75, 3.05) is 32.1 Å². The van der Waals surface area contributed by atoms with Gasteiger partial charge in [-0.2, -0.15) is 4.31 Å². The van der Waals surface area contributed by atoms with Gasteiger partial charge in [-0.25, -0.2) is 8.42 Å². The number of para-hydroxylation sites is 1. The zero-order valence-corrected chi connectivity index (χ0v) is 19.9. The Hall–Kier alpha value is -2.91. The maximum atomic E-state index is 12.9. The number of carbonyl (C=O) groups excluding carboxylic acids is 2. The van der Waals surface area contributed by atoms with Crippen molar-refractivity contribution in [3.63, 3.8) is 0 Å². The zero-order chi connectivity index (χ0) is 23.8. The molecule has 8 nitrogen and oxygen atoms in total. The highest BCUT2D eigenvalue weighted by molar-refractivity contribution is 7.89. The van der Waals surface area contributed by atoms with E-state index < -0.39 is 10.0 Å². The first-order valence-electron chi connectivity index (χ1n) is 11.1. The Morgan fingerprint density at radius 3 is 2.36 bits per heavy atom.